The molecule has 2 heterocycles. The molecule has 2 rings (SSSR count). The number of nitrogens with zero attached hydrogens (tertiary/aromatic N) is 2. The van der Waals surface area contributed by atoms with Crippen LogP contribution in [0.5, 0.6) is 5.88 Å². The lowest BCUT2D eigenvalue weighted by Crippen LogP contribution is -2.37. The van der Waals surface area contributed by atoms with Gasteiger partial charge in [0.05, 0.1) is 19.5 Å². The molecule has 0 spiro atoms. The van der Waals surface area contributed by atoms with Crippen LogP contribution >= 0.6 is 0 Å². The van der Waals surface area contributed by atoms with Crippen LogP contribution in [0.1, 0.15) is 23.3 Å². The third-order valence-corrected chi connectivity index (χ3v) is 2.55. The SMILES string of the molecule is COC(=O)c1cncc(O[C@H]2CCCNC2)n1. The van der Waals surface area contributed by atoms with Crippen molar-refractivity contribution < 1.29 is 14.3 Å². The second kappa shape index (κ2) is 5.58. The Hall–Kier alpha value is -1.69. The van der Waals surface area contributed by atoms with Gasteiger partial charge in [0.25, 0.3) is 0 Å². The van der Waals surface area contributed by atoms with E-state index in [0.717, 1.165) is 25.9 Å². The van der Waals surface area contributed by atoms with Crippen molar-refractivity contribution in [2.24, 2.45) is 0 Å². The van der Waals surface area contributed by atoms with Crippen LogP contribution in [0.4, 0.5) is 0 Å². The molecule has 0 amide bonds. The molecule has 1 aliphatic rings. The van der Waals surface area contributed by atoms with E-state index in [9.17, 15) is 4.79 Å². The first kappa shape index (κ1) is 11.8. The Morgan fingerprint density at radius 1 is 1.53 bits per heavy atom. The second-order valence-corrected chi connectivity index (χ2v) is 3.82. The van der Waals surface area contributed by atoms with Gasteiger partial charge in [0.2, 0.25) is 5.88 Å². The van der Waals surface area contributed by atoms with Crippen molar-refractivity contribution in [1.29, 1.82) is 0 Å². The molecule has 0 bridgehead atoms. The summed E-state index contributed by atoms with van der Waals surface area (Å²) in [5, 5.41) is 3.24. The molecule has 1 fully saturated rings. The summed E-state index contributed by atoms with van der Waals surface area (Å²) < 4.78 is 10.2. The molecular weight excluding hydrogens is 222 g/mol. The van der Waals surface area contributed by atoms with Crippen LogP contribution in [-0.2, 0) is 4.74 Å². The van der Waals surface area contributed by atoms with Crippen molar-refractivity contribution in [1.82, 2.24) is 15.3 Å². The number of esters is 1. The molecule has 92 valence electrons. The van der Waals surface area contributed by atoms with Gasteiger partial charge in [-0.25, -0.2) is 9.78 Å². The predicted octanol–water partition coefficient (Wildman–Crippen LogP) is 0.394. The smallest absolute Gasteiger partial charge is 0.358 e. The molecular formula is C11H15N3O3. The fourth-order valence-electron chi connectivity index (χ4n) is 1.70. The molecule has 1 aromatic rings. The molecule has 1 saturated heterocycles. The van der Waals surface area contributed by atoms with E-state index in [1.807, 2.05) is 0 Å². The third-order valence-electron chi connectivity index (χ3n) is 2.55. The van der Waals surface area contributed by atoms with Gasteiger partial charge in [0.15, 0.2) is 5.69 Å². The Morgan fingerprint density at radius 2 is 2.41 bits per heavy atom. The highest BCUT2D eigenvalue weighted by molar-refractivity contribution is 5.86. The summed E-state index contributed by atoms with van der Waals surface area (Å²) in [4.78, 5) is 19.2. The second-order valence-electron chi connectivity index (χ2n) is 3.82. The average molecular weight is 237 g/mol. The molecule has 1 atom stereocenters. The normalized spacial score (nSPS) is 19.7. The van der Waals surface area contributed by atoms with E-state index < -0.39 is 5.97 Å². The topological polar surface area (TPSA) is 73.3 Å². The minimum atomic E-state index is -0.510. The van der Waals surface area contributed by atoms with Gasteiger partial charge in [-0.2, -0.15) is 0 Å². The van der Waals surface area contributed by atoms with Crippen LogP contribution < -0.4 is 10.1 Å². The van der Waals surface area contributed by atoms with Gasteiger partial charge in [-0.1, -0.05) is 0 Å². The van der Waals surface area contributed by atoms with E-state index in [1.54, 1.807) is 0 Å². The van der Waals surface area contributed by atoms with Crippen LogP contribution in [0, 0.1) is 0 Å². The summed E-state index contributed by atoms with van der Waals surface area (Å²) in [6, 6.07) is 0. The van der Waals surface area contributed by atoms with Crippen LogP contribution in [-0.4, -0.2) is 42.2 Å². The lowest BCUT2D eigenvalue weighted by atomic mass is 10.1. The van der Waals surface area contributed by atoms with Crippen molar-refractivity contribution in [2.45, 2.75) is 18.9 Å². The van der Waals surface area contributed by atoms with Gasteiger partial charge >= 0.3 is 5.97 Å². The maximum Gasteiger partial charge on any atom is 0.358 e. The highest BCUT2D eigenvalue weighted by atomic mass is 16.5. The van der Waals surface area contributed by atoms with Gasteiger partial charge < -0.3 is 14.8 Å². The number of aromatic nitrogens is 2. The molecule has 0 unspecified atom stereocenters. The van der Waals surface area contributed by atoms with E-state index in [-0.39, 0.29) is 11.8 Å². The summed E-state index contributed by atoms with van der Waals surface area (Å²) in [6.45, 7) is 1.82. The average Bonchev–Trinajstić information content (AvgIpc) is 2.39. The van der Waals surface area contributed by atoms with Crippen molar-refractivity contribution in [2.75, 3.05) is 20.2 Å². The van der Waals surface area contributed by atoms with Gasteiger partial charge in [-0.3, -0.25) is 4.98 Å². The zero-order chi connectivity index (χ0) is 12.1. The van der Waals surface area contributed by atoms with Crippen molar-refractivity contribution in [3.05, 3.63) is 18.1 Å². The zero-order valence-electron chi connectivity index (χ0n) is 9.68. The van der Waals surface area contributed by atoms with Gasteiger partial charge in [0, 0.05) is 6.54 Å². The van der Waals surface area contributed by atoms with E-state index >= 15 is 0 Å². The molecule has 0 aromatic carbocycles. The molecule has 6 nitrogen and oxygen atoms in total. The molecule has 1 aliphatic heterocycles. The van der Waals surface area contributed by atoms with E-state index in [0.29, 0.717) is 5.88 Å². The van der Waals surface area contributed by atoms with Gasteiger partial charge in [0.1, 0.15) is 6.10 Å². The molecule has 0 aliphatic carbocycles. The maximum absolute atomic E-state index is 11.3. The maximum atomic E-state index is 11.3. The summed E-state index contributed by atoms with van der Waals surface area (Å²) in [6.07, 6.45) is 5.01. The number of carbonyl (C=O) groups excluding carboxylic acids is 1. The monoisotopic (exact) mass is 237 g/mol. The molecule has 0 radical (unpaired) electrons. The van der Waals surface area contributed by atoms with Crippen LogP contribution in [0.2, 0.25) is 0 Å². The zero-order valence-corrected chi connectivity index (χ0v) is 9.68. The van der Waals surface area contributed by atoms with Crippen molar-refractivity contribution >= 4 is 5.97 Å². The predicted molar refractivity (Wildman–Crippen MR) is 59.9 cm³/mol. The van der Waals surface area contributed by atoms with Gasteiger partial charge in [-0.05, 0) is 19.4 Å². The van der Waals surface area contributed by atoms with Crippen molar-refractivity contribution in [3.63, 3.8) is 0 Å². The van der Waals surface area contributed by atoms with Crippen LogP contribution in [0.15, 0.2) is 12.4 Å². The third kappa shape index (κ3) is 3.13. The van der Waals surface area contributed by atoms with Crippen LogP contribution in [0.3, 0.4) is 0 Å². The summed E-state index contributed by atoms with van der Waals surface area (Å²) in [7, 11) is 1.31. The number of ether oxygens (including phenoxy) is 2. The Labute approximate surface area is 99.4 Å². The first-order valence-electron chi connectivity index (χ1n) is 5.57. The highest BCUT2D eigenvalue weighted by Crippen LogP contribution is 2.12. The highest BCUT2D eigenvalue weighted by Gasteiger charge is 2.16. The molecule has 17 heavy (non-hydrogen) atoms. The quantitative estimate of drug-likeness (QED) is 0.767. The standard InChI is InChI=1S/C11H15N3O3/c1-16-11(15)9-6-13-7-10(14-9)17-8-3-2-4-12-5-8/h6-8,12H,2-5H2,1H3/t8-/m0/s1. The minimum absolute atomic E-state index is 0.0888. The fraction of sp³-hybridized carbons (Fsp3) is 0.545. The van der Waals surface area contributed by atoms with E-state index in [1.165, 1.54) is 19.5 Å². The van der Waals surface area contributed by atoms with Crippen LogP contribution in [0.25, 0.3) is 0 Å². The lowest BCUT2D eigenvalue weighted by Gasteiger charge is -2.23. The largest absolute Gasteiger partial charge is 0.472 e. The number of hydrogen-bond acceptors (Lipinski definition) is 6. The Morgan fingerprint density at radius 3 is 3.12 bits per heavy atom. The Balaban J connectivity index is 2.02. The number of rotatable bonds is 3. The van der Waals surface area contributed by atoms with E-state index in [4.69, 9.17) is 4.74 Å². The first-order chi connectivity index (χ1) is 8.29. The number of hydrogen-bond donors (Lipinski definition) is 1. The number of carbonyl (C=O) groups is 1. The van der Waals surface area contributed by atoms with E-state index in [2.05, 4.69) is 20.0 Å². The fourth-order valence-corrected chi connectivity index (χ4v) is 1.70. The molecule has 6 heteroatoms. The number of nitrogens with one attached hydrogen (secondary N) is 1. The number of piperidine rings is 1. The van der Waals surface area contributed by atoms with Gasteiger partial charge in [-0.15, -0.1) is 0 Å². The molecule has 0 saturated carbocycles. The number of methoxy groups -OCH3 is 1. The summed E-state index contributed by atoms with van der Waals surface area (Å²) in [5.41, 5.74) is 0.161. The molecule has 1 aromatic heterocycles. The lowest BCUT2D eigenvalue weighted by molar-refractivity contribution is 0.0590. The Bertz CT molecular complexity index is 391. The summed E-state index contributed by atoms with van der Waals surface area (Å²) >= 11 is 0. The molecule has 1 N–H and O–H groups in total. The van der Waals surface area contributed by atoms with Crippen molar-refractivity contribution in [3.8, 4) is 5.88 Å². The first-order valence-corrected chi connectivity index (χ1v) is 5.57. The Kier molecular flexibility index (Phi) is 3.87. The minimum Gasteiger partial charge on any atom is -0.472 e. The summed E-state index contributed by atoms with van der Waals surface area (Å²) in [5.74, 6) is -0.147.